The lowest BCUT2D eigenvalue weighted by Gasteiger charge is -2.37. The van der Waals surface area contributed by atoms with Gasteiger partial charge in [0, 0.05) is 18.8 Å². The molecule has 6 nitrogen and oxygen atoms in total. The van der Waals surface area contributed by atoms with E-state index < -0.39 is 6.03 Å². The Bertz CT molecular complexity index is 798. The summed E-state index contributed by atoms with van der Waals surface area (Å²) in [5.41, 5.74) is 0.910. The Hall–Kier alpha value is -2.54. The number of carbonyl (C=O) groups is 1. The van der Waals surface area contributed by atoms with Crippen molar-refractivity contribution < 1.29 is 18.3 Å². The molecule has 2 N–H and O–H groups in total. The molecule has 1 saturated heterocycles. The van der Waals surface area contributed by atoms with Crippen LogP contribution < -0.4 is 15.5 Å². The van der Waals surface area contributed by atoms with Crippen molar-refractivity contribution >= 4 is 17.4 Å². The van der Waals surface area contributed by atoms with Gasteiger partial charge in [0.15, 0.2) is 0 Å². The fourth-order valence-electron chi connectivity index (χ4n) is 3.34. The zero-order valence-electron chi connectivity index (χ0n) is 16.1. The molecule has 1 aromatic heterocycles. The van der Waals surface area contributed by atoms with Crippen LogP contribution in [0.1, 0.15) is 38.3 Å². The van der Waals surface area contributed by atoms with E-state index in [0.29, 0.717) is 30.2 Å². The first-order chi connectivity index (χ1) is 12.8. The molecule has 7 heteroatoms. The van der Waals surface area contributed by atoms with Crippen LogP contribution in [0.4, 0.5) is 20.6 Å². The number of furan rings is 1. The van der Waals surface area contributed by atoms with E-state index in [1.54, 1.807) is 12.1 Å². The van der Waals surface area contributed by atoms with Crippen molar-refractivity contribution in [3.8, 4) is 0 Å². The number of morpholine rings is 1. The summed E-state index contributed by atoms with van der Waals surface area (Å²) >= 11 is 0. The lowest BCUT2D eigenvalue weighted by Crippen LogP contribution is -2.45. The van der Waals surface area contributed by atoms with Crippen LogP contribution in [-0.4, -0.2) is 31.3 Å². The van der Waals surface area contributed by atoms with Crippen LogP contribution in [-0.2, 0) is 4.74 Å². The van der Waals surface area contributed by atoms with E-state index >= 15 is 0 Å². The highest BCUT2D eigenvalue weighted by atomic mass is 19.1. The smallest absolute Gasteiger partial charge is 0.319 e. The molecule has 2 aromatic rings. The number of rotatable bonds is 4. The topological polar surface area (TPSA) is 66.7 Å². The summed E-state index contributed by atoms with van der Waals surface area (Å²) in [6.07, 6.45) is 0.0897. The number of hydrogen-bond donors (Lipinski definition) is 2. The third kappa shape index (κ3) is 4.80. The number of aryl methyl sites for hydroxylation is 1. The van der Waals surface area contributed by atoms with Gasteiger partial charge < -0.3 is 24.7 Å². The van der Waals surface area contributed by atoms with Gasteiger partial charge in [0.1, 0.15) is 17.3 Å². The minimum Gasteiger partial charge on any atom is -0.464 e. The van der Waals surface area contributed by atoms with Crippen LogP contribution in [0.15, 0.2) is 34.7 Å². The van der Waals surface area contributed by atoms with E-state index in [0.717, 1.165) is 5.76 Å². The molecule has 2 amide bonds. The van der Waals surface area contributed by atoms with Crippen molar-refractivity contribution in [3.05, 3.63) is 47.7 Å². The van der Waals surface area contributed by atoms with Crippen molar-refractivity contribution in [2.45, 2.75) is 45.9 Å². The van der Waals surface area contributed by atoms with Crippen LogP contribution in [0.25, 0.3) is 0 Å². The molecule has 146 valence electrons. The number of carbonyl (C=O) groups excluding carboxylic acids is 1. The summed E-state index contributed by atoms with van der Waals surface area (Å²) in [7, 11) is 0. The Morgan fingerprint density at radius 2 is 1.93 bits per heavy atom. The molecule has 3 rings (SSSR count). The van der Waals surface area contributed by atoms with E-state index in [4.69, 9.17) is 9.15 Å². The minimum absolute atomic E-state index is 0.0449. The Morgan fingerprint density at radius 3 is 2.52 bits per heavy atom. The quantitative estimate of drug-likeness (QED) is 0.840. The van der Waals surface area contributed by atoms with Gasteiger partial charge in [-0.2, -0.15) is 0 Å². The SMILES string of the molecule is Cc1ccc(C(C)NC(=O)Nc2ccc(N3CC(C)OC(C)C3)c(F)c2)o1. The molecule has 1 aliphatic rings. The first-order valence-electron chi connectivity index (χ1n) is 9.15. The number of amides is 2. The van der Waals surface area contributed by atoms with E-state index in [1.165, 1.54) is 6.07 Å². The predicted octanol–water partition coefficient (Wildman–Crippen LogP) is 4.22. The Morgan fingerprint density at radius 1 is 1.22 bits per heavy atom. The average molecular weight is 375 g/mol. The van der Waals surface area contributed by atoms with Crippen molar-refractivity contribution in [3.63, 3.8) is 0 Å². The first kappa shape index (κ1) is 19.2. The highest BCUT2D eigenvalue weighted by Gasteiger charge is 2.24. The molecule has 3 atom stereocenters. The summed E-state index contributed by atoms with van der Waals surface area (Å²) in [5, 5.41) is 5.44. The number of nitrogens with one attached hydrogen (secondary N) is 2. The van der Waals surface area contributed by atoms with Crippen molar-refractivity contribution in [2.75, 3.05) is 23.3 Å². The molecular formula is C20H26FN3O3. The summed E-state index contributed by atoms with van der Waals surface area (Å²) < 4.78 is 25.8. The lowest BCUT2D eigenvalue weighted by atomic mass is 10.2. The number of urea groups is 1. The van der Waals surface area contributed by atoms with Crippen LogP contribution >= 0.6 is 0 Å². The molecule has 0 saturated carbocycles. The van der Waals surface area contributed by atoms with Gasteiger partial charge in [0.2, 0.25) is 0 Å². The number of hydrogen-bond acceptors (Lipinski definition) is 4. The fourth-order valence-corrected chi connectivity index (χ4v) is 3.34. The van der Waals surface area contributed by atoms with Gasteiger partial charge in [-0.15, -0.1) is 0 Å². The Kier molecular flexibility index (Phi) is 5.70. The summed E-state index contributed by atoms with van der Waals surface area (Å²) in [4.78, 5) is 14.1. The van der Waals surface area contributed by atoms with E-state index in [1.807, 2.05) is 44.7 Å². The second-order valence-corrected chi connectivity index (χ2v) is 7.10. The third-order valence-corrected chi connectivity index (χ3v) is 4.50. The van der Waals surface area contributed by atoms with E-state index in [2.05, 4.69) is 10.6 Å². The normalized spacial score (nSPS) is 21.0. The molecule has 1 fully saturated rings. The maximum Gasteiger partial charge on any atom is 0.319 e. The largest absolute Gasteiger partial charge is 0.464 e. The summed E-state index contributed by atoms with van der Waals surface area (Å²) in [6, 6.07) is 7.67. The van der Waals surface area contributed by atoms with Crippen molar-refractivity contribution in [2.24, 2.45) is 0 Å². The van der Waals surface area contributed by atoms with Gasteiger partial charge in [-0.1, -0.05) is 0 Å². The predicted molar refractivity (Wildman–Crippen MR) is 103 cm³/mol. The highest BCUT2D eigenvalue weighted by molar-refractivity contribution is 5.89. The van der Waals surface area contributed by atoms with E-state index in [9.17, 15) is 9.18 Å². The van der Waals surface area contributed by atoms with Gasteiger partial charge in [0.05, 0.1) is 23.9 Å². The molecule has 2 heterocycles. The minimum atomic E-state index is -0.419. The number of anilines is 2. The van der Waals surface area contributed by atoms with Gasteiger partial charge >= 0.3 is 6.03 Å². The fraction of sp³-hybridized carbons (Fsp3) is 0.450. The highest BCUT2D eigenvalue weighted by Crippen LogP contribution is 2.26. The van der Waals surface area contributed by atoms with Gasteiger partial charge in [-0.05, 0) is 58.0 Å². The Labute approximate surface area is 158 Å². The van der Waals surface area contributed by atoms with Crippen molar-refractivity contribution in [1.29, 1.82) is 0 Å². The number of halogens is 1. The molecule has 1 aliphatic heterocycles. The van der Waals surface area contributed by atoms with Crippen LogP contribution in [0.2, 0.25) is 0 Å². The van der Waals surface area contributed by atoms with Gasteiger partial charge in [0.25, 0.3) is 0 Å². The molecule has 0 radical (unpaired) electrons. The second kappa shape index (κ2) is 8.00. The lowest BCUT2D eigenvalue weighted by molar-refractivity contribution is -0.00539. The standard InChI is InChI=1S/C20H26FN3O3/c1-12-5-8-19(27-12)15(4)22-20(25)23-16-6-7-18(17(21)9-16)24-10-13(2)26-14(3)11-24/h5-9,13-15H,10-11H2,1-4H3,(H2,22,23,25). The maximum atomic E-state index is 14.6. The molecule has 0 bridgehead atoms. The first-order valence-corrected chi connectivity index (χ1v) is 9.15. The molecular weight excluding hydrogens is 349 g/mol. The molecule has 27 heavy (non-hydrogen) atoms. The van der Waals surface area contributed by atoms with Crippen molar-refractivity contribution in [1.82, 2.24) is 5.32 Å². The third-order valence-electron chi connectivity index (χ3n) is 4.50. The number of ether oxygens (including phenoxy) is 1. The van der Waals surface area contributed by atoms with Gasteiger partial charge in [-0.25, -0.2) is 9.18 Å². The molecule has 3 unspecified atom stereocenters. The van der Waals surface area contributed by atoms with Crippen LogP contribution in [0.5, 0.6) is 0 Å². The maximum absolute atomic E-state index is 14.6. The van der Waals surface area contributed by atoms with Gasteiger partial charge in [-0.3, -0.25) is 0 Å². The van der Waals surface area contributed by atoms with E-state index in [-0.39, 0.29) is 24.1 Å². The van der Waals surface area contributed by atoms with Crippen LogP contribution in [0, 0.1) is 12.7 Å². The number of nitrogens with zero attached hydrogens (tertiary/aromatic N) is 1. The monoisotopic (exact) mass is 375 g/mol. The Balaban J connectivity index is 1.62. The van der Waals surface area contributed by atoms with Crippen LogP contribution in [0.3, 0.4) is 0 Å². The summed E-state index contributed by atoms with van der Waals surface area (Å²) in [5.74, 6) is 1.08. The molecule has 1 aromatic carbocycles. The zero-order chi connectivity index (χ0) is 19.6. The average Bonchev–Trinajstić information content (AvgIpc) is 3.00. The number of benzene rings is 1. The second-order valence-electron chi connectivity index (χ2n) is 7.10. The zero-order valence-corrected chi connectivity index (χ0v) is 16.1. The molecule has 0 spiro atoms. The molecule has 0 aliphatic carbocycles. The summed E-state index contributed by atoms with van der Waals surface area (Å²) in [6.45, 7) is 8.88.